The third-order valence-corrected chi connectivity index (χ3v) is 3.42. The van der Waals surface area contributed by atoms with Crippen LogP contribution in [0.5, 0.6) is 5.75 Å². The fourth-order valence-electron chi connectivity index (χ4n) is 2.02. The van der Waals surface area contributed by atoms with E-state index in [1.165, 1.54) is 18.2 Å². The summed E-state index contributed by atoms with van der Waals surface area (Å²) in [5, 5.41) is 0. The molecule has 1 unspecified atom stereocenters. The second-order valence-corrected chi connectivity index (χ2v) is 5.02. The second-order valence-electron chi connectivity index (χ2n) is 5.02. The molecule has 0 aliphatic heterocycles. The van der Waals surface area contributed by atoms with Crippen LogP contribution in [0.25, 0.3) is 0 Å². The third kappa shape index (κ3) is 3.80. The van der Waals surface area contributed by atoms with E-state index in [1.54, 1.807) is 0 Å². The minimum absolute atomic E-state index is 0.0870. The zero-order valence-electron chi connectivity index (χ0n) is 12.8. The van der Waals surface area contributed by atoms with Crippen molar-refractivity contribution in [3.8, 4) is 5.75 Å². The van der Waals surface area contributed by atoms with Crippen LogP contribution in [0.3, 0.4) is 0 Å². The van der Waals surface area contributed by atoms with Crippen molar-refractivity contribution in [2.45, 2.75) is 36.5 Å². The Hall–Kier alpha value is -1.65. The molecule has 144 valence electrons. The van der Waals surface area contributed by atoms with Crippen molar-refractivity contribution in [3.63, 3.8) is 0 Å². The van der Waals surface area contributed by atoms with Crippen molar-refractivity contribution in [2.24, 2.45) is 0 Å². The Morgan fingerprint density at radius 1 is 0.840 bits per heavy atom. The summed E-state index contributed by atoms with van der Waals surface area (Å²) in [4.78, 5) is 0. The molecule has 0 amide bonds. The fourth-order valence-corrected chi connectivity index (χ4v) is 2.02. The van der Waals surface area contributed by atoms with Crippen LogP contribution in [-0.4, -0.2) is 38.2 Å². The maximum absolute atomic E-state index is 13.7. The van der Waals surface area contributed by atoms with Crippen LogP contribution in [0, 0.1) is 0 Å². The van der Waals surface area contributed by atoms with E-state index < -0.39 is 36.5 Å². The molecule has 0 radical (unpaired) electrons. The zero-order chi connectivity index (χ0) is 19.7. The molecule has 0 heterocycles. The van der Waals surface area contributed by atoms with Gasteiger partial charge in [-0.05, 0) is 6.07 Å². The van der Waals surface area contributed by atoms with Gasteiger partial charge in [-0.3, -0.25) is 0 Å². The van der Waals surface area contributed by atoms with Crippen LogP contribution in [0.1, 0.15) is 18.1 Å². The molecule has 1 atom stereocenters. The molecule has 2 nitrogen and oxygen atoms in total. The van der Waals surface area contributed by atoms with Crippen molar-refractivity contribution >= 4 is 0 Å². The molecule has 1 aromatic rings. The Morgan fingerprint density at radius 2 is 1.36 bits per heavy atom. The van der Waals surface area contributed by atoms with E-state index in [0.29, 0.717) is 0 Å². The minimum Gasteiger partial charge on any atom is -0.496 e. The summed E-state index contributed by atoms with van der Waals surface area (Å²) < 4.78 is 126. The average molecular weight is 384 g/mol. The summed E-state index contributed by atoms with van der Waals surface area (Å²) in [5.74, 6) is -19.4. The predicted octanol–water partition coefficient (Wildman–Crippen LogP) is 5.24. The van der Waals surface area contributed by atoms with Crippen molar-refractivity contribution < 1.29 is 49.0 Å². The molecule has 1 aromatic carbocycles. The van der Waals surface area contributed by atoms with Crippen LogP contribution in [-0.2, 0) is 4.74 Å². The quantitative estimate of drug-likeness (QED) is 0.599. The number of methoxy groups -OCH3 is 2. The van der Waals surface area contributed by atoms with E-state index in [2.05, 4.69) is 4.74 Å². The Bertz CT molecular complexity index is 584. The predicted molar refractivity (Wildman–Crippen MR) is 68.3 cm³/mol. The molecule has 0 saturated heterocycles. The van der Waals surface area contributed by atoms with Crippen molar-refractivity contribution in [2.75, 3.05) is 14.2 Å². The molecule has 0 spiro atoms. The molecule has 11 heteroatoms. The second kappa shape index (κ2) is 6.93. The molecule has 0 N–H and O–H groups in total. The molecule has 0 aliphatic rings. The Morgan fingerprint density at radius 3 is 1.80 bits per heavy atom. The van der Waals surface area contributed by atoms with E-state index in [1.807, 2.05) is 0 Å². The maximum Gasteiger partial charge on any atom is 0.460 e. The molecule has 0 fully saturated rings. The van der Waals surface area contributed by atoms with Crippen molar-refractivity contribution in [3.05, 3.63) is 29.8 Å². The highest BCUT2D eigenvalue weighted by Crippen LogP contribution is 2.55. The lowest BCUT2D eigenvalue weighted by molar-refractivity contribution is -0.398. The number of alkyl halides is 9. The van der Waals surface area contributed by atoms with E-state index in [0.717, 1.165) is 20.3 Å². The lowest BCUT2D eigenvalue weighted by atomic mass is 9.94. The van der Waals surface area contributed by atoms with E-state index in [4.69, 9.17) is 4.74 Å². The van der Waals surface area contributed by atoms with Gasteiger partial charge in [-0.15, -0.1) is 0 Å². The molecule has 0 aromatic heterocycles. The van der Waals surface area contributed by atoms with Gasteiger partial charge in [0.25, 0.3) is 0 Å². The van der Waals surface area contributed by atoms with Gasteiger partial charge in [0.2, 0.25) is 0 Å². The highest BCUT2D eigenvalue weighted by atomic mass is 19.4. The molecule has 0 aliphatic carbocycles. The summed E-state index contributed by atoms with van der Waals surface area (Å²) in [5.41, 5.74) is -0.210. The van der Waals surface area contributed by atoms with Crippen molar-refractivity contribution in [1.82, 2.24) is 0 Å². The summed E-state index contributed by atoms with van der Waals surface area (Å²) >= 11 is 0. The highest BCUT2D eigenvalue weighted by molar-refractivity contribution is 5.35. The summed E-state index contributed by atoms with van der Waals surface area (Å²) in [6.45, 7) is 0. The SMILES string of the molecule is COc1ccccc1C(CC(F)(F)C(F)(F)C(F)(F)C(F)(F)F)OC. The molecule has 0 bridgehead atoms. The first kappa shape index (κ1) is 21.4. The molecule has 1 rings (SSSR count). The first-order valence-corrected chi connectivity index (χ1v) is 6.58. The standard InChI is InChI=1S/C14H13F9O2/c1-24-9-6-4-3-5-8(9)10(25-2)7-11(15,16)12(17,18)13(19,20)14(21,22)23/h3-6,10H,7H2,1-2H3. The first-order valence-electron chi connectivity index (χ1n) is 6.58. The number of benzene rings is 1. The maximum atomic E-state index is 13.7. The number of ether oxygens (including phenoxy) is 2. The lowest BCUT2D eigenvalue weighted by Crippen LogP contribution is -2.61. The Labute approximate surface area is 136 Å². The van der Waals surface area contributed by atoms with E-state index >= 15 is 0 Å². The van der Waals surface area contributed by atoms with Crippen LogP contribution in [0.15, 0.2) is 24.3 Å². The number of para-hydroxylation sites is 1. The van der Waals surface area contributed by atoms with Crippen molar-refractivity contribution in [1.29, 1.82) is 0 Å². The monoisotopic (exact) mass is 384 g/mol. The zero-order valence-corrected chi connectivity index (χ0v) is 12.8. The first-order chi connectivity index (χ1) is 11.2. The van der Waals surface area contributed by atoms with Gasteiger partial charge in [0.05, 0.1) is 13.2 Å². The minimum atomic E-state index is -6.93. The number of halogens is 9. The Kier molecular flexibility index (Phi) is 5.93. The van der Waals surface area contributed by atoms with Gasteiger partial charge in [-0.25, -0.2) is 0 Å². The lowest BCUT2D eigenvalue weighted by Gasteiger charge is -2.35. The Balaban J connectivity index is 3.24. The van der Waals surface area contributed by atoms with Gasteiger partial charge in [-0.2, -0.15) is 39.5 Å². The van der Waals surface area contributed by atoms with Gasteiger partial charge in [0.15, 0.2) is 0 Å². The summed E-state index contributed by atoms with van der Waals surface area (Å²) in [7, 11) is 1.93. The number of hydrogen-bond donors (Lipinski definition) is 0. The van der Waals surface area contributed by atoms with Crippen LogP contribution in [0.2, 0.25) is 0 Å². The number of hydrogen-bond acceptors (Lipinski definition) is 2. The smallest absolute Gasteiger partial charge is 0.460 e. The van der Waals surface area contributed by atoms with E-state index in [-0.39, 0.29) is 11.3 Å². The fraction of sp³-hybridized carbons (Fsp3) is 0.571. The normalized spacial score (nSPS) is 15.2. The number of rotatable bonds is 7. The van der Waals surface area contributed by atoms with E-state index in [9.17, 15) is 39.5 Å². The third-order valence-electron chi connectivity index (χ3n) is 3.42. The van der Waals surface area contributed by atoms with Gasteiger partial charge < -0.3 is 9.47 Å². The van der Waals surface area contributed by atoms with Crippen LogP contribution < -0.4 is 4.74 Å². The molecular weight excluding hydrogens is 371 g/mol. The highest BCUT2D eigenvalue weighted by Gasteiger charge is 2.81. The topological polar surface area (TPSA) is 18.5 Å². The molecule has 25 heavy (non-hydrogen) atoms. The summed E-state index contributed by atoms with van der Waals surface area (Å²) in [6.07, 6.45) is -10.9. The molecular formula is C14H13F9O2. The average Bonchev–Trinajstić information content (AvgIpc) is 2.51. The molecule has 0 saturated carbocycles. The van der Waals surface area contributed by atoms with Gasteiger partial charge >= 0.3 is 23.9 Å². The largest absolute Gasteiger partial charge is 0.496 e. The van der Waals surface area contributed by atoms with Gasteiger partial charge in [0, 0.05) is 19.1 Å². The van der Waals surface area contributed by atoms with Crippen LogP contribution in [0.4, 0.5) is 39.5 Å². The van der Waals surface area contributed by atoms with Gasteiger partial charge in [0.1, 0.15) is 5.75 Å². The van der Waals surface area contributed by atoms with Crippen LogP contribution >= 0.6 is 0 Å². The van der Waals surface area contributed by atoms with Gasteiger partial charge in [-0.1, -0.05) is 18.2 Å². The summed E-state index contributed by atoms with van der Waals surface area (Å²) in [6, 6.07) is 5.08.